The van der Waals surface area contributed by atoms with Crippen molar-refractivity contribution in [1.29, 1.82) is 0 Å². The Morgan fingerprint density at radius 1 is 1.20 bits per heavy atom. The topological polar surface area (TPSA) is 60.2 Å². The van der Waals surface area contributed by atoms with Gasteiger partial charge in [0.25, 0.3) is 0 Å². The molecule has 0 aliphatic heterocycles. The molecule has 1 heterocycles. The maximum atomic E-state index is 5.80. The zero-order chi connectivity index (χ0) is 14.9. The summed E-state index contributed by atoms with van der Waals surface area (Å²) in [5.41, 5.74) is 7.38. The van der Waals surface area contributed by atoms with Gasteiger partial charge in [0.15, 0.2) is 0 Å². The van der Waals surface area contributed by atoms with Crippen LogP contribution in [-0.4, -0.2) is 12.1 Å². The van der Waals surface area contributed by atoms with Crippen molar-refractivity contribution >= 4 is 11.3 Å². The van der Waals surface area contributed by atoms with E-state index in [1.807, 2.05) is 20.8 Å². The SMILES string of the molecule is COc1cc(C)c(C(NN)c2sc(C)nc2C)cc1C. The van der Waals surface area contributed by atoms with Crippen molar-refractivity contribution in [2.75, 3.05) is 7.11 Å². The van der Waals surface area contributed by atoms with Crippen molar-refractivity contribution in [1.82, 2.24) is 10.4 Å². The summed E-state index contributed by atoms with van der Waals surface area (Å²) < 4.78 is 5.37. The van der Waals surface area contributed by atoms with E-state index in [0.717, 1.165) is 38.0 Å². The van der Waals surface area contributed by atoms with Crippen molar-refractivity contribution in [2.24, 2.45) is 5.84 Å². The van der Waals surface area contributed by atoms with Crippen LogP contribution in [0.1, 0.15) is 38.3 Å². The van der Waals surface area contributed by atoms with Crippen LogP contribution in [0, 0.1) is 27.7 Å². The van der Waals surface area contributed by atoms with E-state index in [4.69, 9.17) is 10.6 Å². The van der Waals surface area contributed by atoms with Crippen molar-refractivity contribution < 1.29 is 4.74 Å². The maximum Gasteiger partial charge on any atom is 0.122 e. The first-order valence-electron chi connectivity index (χ1n) is 6.53. The molecule has 5 heteroatoms. The molecule has 20 heavy (non-hydrogen) atoms. The largest absolute Gasteiger partial charge is 0.496 e. The molecule has 1 aromatic carbocycles. The van der Waals surface area contributed by atoms with Crippen LogP contribution >= 0.6 is 11.3 Å². The Labute approximate surface area is 124 Å². The van der Waals surface area contributed by atoms with Gasteiger partial charge in [-0.1, -0.05) is 6.07 Å². The first-order valence-corrected chi connectivity index (χ1v) is 7.34. The number of nitrogens with two attached hydrogens (primary N) is 1. The summed E-state index contributed by atoms with van der Waals surface area (Å²) in [7, 11) is 1.69. The minimum Gasteiger partial charge on any atom is -0.496 e. The molecule has 1 unspecified atom stereocenters. The Morgan fingerprint density at radius 3 is 2.40 bits per heavy atom. The van der Waals surface area contributed by atoms with E-state index in [0.29, 0.717) is 0 Å². The van der Waals surface area contributed by atoms with Gasteiger partial charge in [-0.2, -0.15) is 0 Å². The van der Waals surface area contributed by atoms with Crippen molar-refractivity contribution in [3.8, 4) is 5.75 Å². The predicted octanol–water partition coefficient (Wildman–Crippen LogP) is 2.94. The van der Waals surface area contributed by atoms with Crippen molar-refractivity contribution in [2.45, 2.75) is 33.7 Å². The number of nitrogens with zero attached hydrogens (tertiary/aromatic N) is 1. The molecular formula is C15H21N3OS. The molecule has 0 spiro atoms. The standard InChI is InChI=1S/C15H21N3OS/c1-8-7-13(19-5)9(2)6-12(8)14(18-16)15-10(3)17-11(4)20-15/h6-7,14,18H,16H2,1-5H3. The normalized spacial score (nSPS) is 12.5. The van der Waals surface area contributed by atoms with E-state index in [9.17, 15) is 0 Å². The molecule has 0 bridgehead atoms. The van der Waals surface area contributed by atoms with E-state index in [-0.39, 0.29) is 6.04 Å². The van der Waals surface area contributed by atoms with Gasteiger partial charge in [-0.25, -0.2) is 10.4 Å². The molecule has 3 N–H and O–H groups in total. The number of hydrazine groups is 1. The minimum atomic E-state index is -0.0363. The number of methoxy groups -OCH3 is 1. The number of hydrogen-bond donors (Lipinski definition) is 2. The zero-order valence-corrected chi connectivity index (χ0v) is 13.4. The number of hydrogen-bond acceptors (Lipinski definition) is 5. The first-order chi connectivity index (χ1) is 9.47. The van der Waals surface area contributed by atoms with Gasteiger partial charge in [0.2, 0.25) is 0 Å². The van der Waals surface area contributed by atoms with E-state index in [1.54, 1.807) is 18.4 Å². The van der Waals surface area contributed by atoms with Gasteiger partial charge >= 0.3 is 0 Å². The average Bonchev–Trinajstić information content (AvgIpc) is 2.73. The van der Waals surface area contributed by atoms with E-state index in [1.165, 1.54) is 0 Å². The Balaban J connectivity index is 2.52. The third-order valence-corrected chi connectivity index (χ3v) is 4.60. The fourth-order valence-corrected chi connectivity index (χ4v) is 3.47. The molecule has 108 valence electrons. The second kappa shape index (κ2) is 5.91. The van der Waals surface area contributed by atoms with Gasteiger partial charge in [-0.3, -0.25) is 5.84 Å². The van der Waals surface area contributed by atoms with Gasteiger partial charge in [0.1, 0.15) is 5.75 Å². The summed E-state index contributed by atoms with van der Waals surface area (Å²) in [6.45, 7) is 8.15. The Morgan fingerprint density at radius 2 is 1.90 bits per heavy atom. The summed E-state index contributed by atoms with van der Waals surface area (Å²) in [5.74, 6) is 6.70. The van der Waals surface area contributed by atoms with Crippen LogP contribution in [0.25, 0.3) is 0 Å². The number of nitrogens with one attached hydrogen (secondary N) is 1. The highest BCUT2D eigenvalue weighted by atomic mass is 32.1. The van der Waals surface area contributed by atoms with Crippen LogP contribution in [0.15, 0.2) is 12.1 Å². The fraction of sp³-hybridized carbons (Fsp3) is 0.400. The first kappa shape index (κ1) is 15.0. The van der Waals surface area contributed by atoms with Gasteiger partial charge in [-0.15, -0.1) is 11.3 Å². The second-order valence-electron chi connectivity index (χ2n) is 4.96. The van der Waals surface area contributed by atoms with Crippen LogP contribution in [0.2, 0.25) is 0 Å². The molecule has 0 saturated heterocycles. The lowest BCUT2D eigenvalue weighted by atomic mass is 9.97. The minimum absolute atomic E-state index is 0.0363. The summed E-state index contributed by atoms with van der Waals surface area (Å²) in [4.78, 5) is 5.65. The quantitative estimate of drug-likeness (QED) is 0.671. The highest BCUT2D eigenvalue weighted by Gasteiger charge is 2.21. The predicted molar refractivity (Wildman–Crippen MR) is 83.2 cm³/mol. The van der Waals surface area contributed by atoms with Crippen LogP contribution in [0.4, 0.5) is 0 Å². The van der Waals surface area contributed by atoms with Crippen LogP contribution in [-0.2, 0) is 0 Å². The molecule has 4 nitrogen and oxygen atoms in total. The molecule has 2 aromatic rings. The highest BCUT2D eigenvalue weighted by Crippen LogP contribution is 2.33. The highest BCUT2D eigenvalue weighted by molar-refractivity contribution is 7.11. The number of aromatic nitrogens is 1. The monoisotopic (exact) mass is 291 g/mol. The molecule has 2 rings (SSSR count). The number of thiazole rings is 1. The third-order valence-electron chi connectivity index (χ3n) is 3.46. The maximum absolute atomic E-state index is 5.80. The number of ether oxygens (including phenoxy) is 1. The molecule has 0 amide bonds. The lowest BCUT2D eigenvalue weighted by Gasteiger charge is -2.19. The van der Waals surface area contributed by atoms with Gasteiger partial charge in [0.05, 0.1) is 28.7 Å². The Kier molecular flexibility index (Phi) is 4.42. The second-order valence-corrected chi connectivity index (χ2v) is 6.20. The number of benzene rings is 1. The van der Waals surface area contributed by atoms with E-state index >= 15 is 0 Å². The summed E-state index contributed by atoms with van der Waals surface area (Å²) >= 11 is 1.68. The van der Waals surface area contributed by atoms with Crippen molar-refractivity contribution in [3.05, 3.63) is 44.4 Å². The summed E-state index contributed by atoms with van der Waals surface area (Å²) in [6.07, 6.45) is 0. The van der Waals surface area contributed by atoms with Gasteiger partial charge in [0, 0.05) is 0 Å². The zero-order valence-electron chi connectivity index (χ0n) is 12.6. The number of rotatable bonds is 4. The van der Waals surface area contributed by atoms with Gasteiger partial charge in [-0.05, 0) is 50.5 Å². The number of aryl methyl sites for hydroxylation is 4. The Hall–Kier alpha value is -1.43. The molecule has 0 aliphatic carbocycles. The van der Waals surface area contributed by atoms with E-state index in [2.05, 4.69) is 29.5 Å². The summed E-state index contributed by atoms with van der Waals surface area (Å²) in [5, 5.41) is 1.06. The van der Waals surface area contributed by atoms with Gasteiger partial charge < -0.3 is 4.74 Å². The lowest BCUT2D eigenvalue weighted by molar-refractivity contribution is 0.411. The Bertz CT molecular complexity index is 622. The summed E-state index contributed by atoms with van der Waals surface area (Å²) in [6, 6.07) is 4.15. The third kappa shape index (κ3) is 2.70. The smallest absolute Gasteiger partial charge is 0.122 e. The molecule has 0 aliphatic rings. The van der Waals surface area contributed by atoms with Crippen LogP contribution < -0.4 is 16.0 Å². The van der Waals surface area contributed by atoms with Crippen LogP contribution in [0.5, 0.6) is 5.75 Å². The average molecular weight is 291 g/mol. The molecular weight excluding hydrogens is 270 g/mol. The lowest BCUT2D eigenvalue weighted by Crippen LogP contribution is -2.29. The van der Waals surface area contributed by atoms with E-state index < -0.39 is 0 Å². The van der Waals surface area contributed by atoms with Crippen molar-refractivity contribution in [3.63, 3.8) is 0 Å². The molecule has 0 radical (unpaired) electrons. The molecule has 0 fully saturated rings. The molecule has 0 saturated carbocycles. The molecule has 1 atom stereocenters. The van der Waals surface area contributed by atoms with Crippen LogP contribution in [0.3, 0.4) is 0 Å². The fourth-order valence-electron chi connectivity index (χ4n) is 2.46. The molecule has 1 aromatic heterocycles.